The molecule has 102 valence electrons. The number of rotatable bonds is 8. The maximum absolute atomic E-state index is 9.73. The second-order valence-electron chi connectivity index (χ2n) is 4.10. The first-order chi connectivity index (χ1) is 8.63. The summed E-state index contributed by atoms with van der Waals surface area (Å²) >= 11 is 0. The molecule has 0 fully saturated rings. The summed E-state index contributed by atoms with van der Waals surface area (Å²) in [5.74, 6) is 0.499. The van der Waals surface area contributed by atoms with E-state index in [1.165, 1.54) is 0 Å². The smallest absolute Gasteiger partial charge is 0.161 e. The van der Waals surface area contributed by atoms with Crippen LogP contribution in [0.2, 0.25) is 0 Å². The molecule has 0 unspecified atom stereocenters. The van der Waals surface area contributed by atoms with Crippen molar-refractivity contribution in [2.75, 3.05) is 31.7 Å². The van der Waals surface area contributed by atoms with Crippen LogP contribution >= 0.6 is 0 Å². The van der Waals surface area contributed by atoms with E-state index in [4.69, 9.17) is 14.6 Å². The Morgan fingerprint density at radius 3 is 2.67 bits per heavy atom. The van der Waals surface area contributed by atoms with Gasteiger partial charge >= 0.3 is 0 Å². The SMILES string of the molecule is CC(C)OCCOc1ccc(NCCO)cc1O. The molecule has 1 aromatic carbocycles. The molecule has 0 amide bonds. The van der Waals surface area contributed by atoms with E-state index in [1.807, 2.05) is 13.8 Å². The average molecular weight is 255 g/mol. The van der Waals surface area contributed by atoms with E-state index >= 15 is 0 Å². The fourth-order valence-electron chi connectivity index (χ4n) is 1.39. The molecule has 0 heterocycles. The number of phenols is 1. The highest BCUT2D eigenvalue weighted by Crippen LogP contribution is 2.28. The third kappa shape index (κ3) is 5.25. The molecule has 0 aromatic heterocycles. The first-order valence-electron chi connectivity index (χ1n) is 6.05. The molecule has 5 heteroatoms. The topological polar surface area (TPSA) is 71.0 Å². The maximum Gasteiger partial charge on any atom is 0.161 e. The number of hydrogen-bond acceptors (Lipinski definition) is 5. The van der Waals surface area contributed by atoms with Crippen molar-refractivity contribution < 1.29 is 19.7 Å². The predicted molar refractivity (Wildman–Crippen MR) is 70.3 cm³/mol. The minimum atomic E-state index is 0.0472. The van der Waals surface area contributed by atoms with Gasteiger partial charge in [-0.3, -0.25) is 0 Å². The van der Waals surface area contributed by atoms with Gasteiger partial charge in [0, 0.05) is 18.3 Å². The Bertz CT molecular complexity index is 355. The van der Waals surface area contributed by atoms with E-state index in [9.17, 15) is 5.11 Å². The summed E-state index contributed by atoms with van der Waals surface area (Å²) in [5, 5.41) is 21.4. The van der Waals surface area contributed by atoms with E-state index in [-0.39, 0.29) is 18.5 Å². The van der Waals surface area contributed by atoms with Crippen LogP contribution in [-0.2, 0) is 4.74 Å². The van der Waals surface area contributed by atoms with Crippen LogP contribution in [0.25, 0.3) is 0 Å². The molecular formula is C13H21NO4. The van der Waals surface area contributed by atoms with Crippen LogP contribution in [0.4, 0.5) is 5.69 Å². The van der Waals surface area contributed by atoms with Crippen molar-refractivity contribution in [2.24, 2.45) is 0 Å². The predicted octanol–water partition coefficient (Wildman–Crippen LogP) is 1.60. The van der Waals surface area contributed by atoms with Crippen molar-refractivity contribution in [1.82, 2.24) is 0 Å². The number of hydrogen-bond donors (Lipinski definition) is 3. The number of aromatic hydroxyl groups is 1. The fraction of sp³-hybridized carbons (Fsp3) is 0.538. The molecule has 3 N–H and O–H groups in total. The second-order valence-corrected chi connectivity index (χ2v) is 4.10. The average Bonchev–Trinajstić information content (AvgIpc) is 2.33. The zero-order valence-electron chi connectivity index (χ0n) is 10.8. The van der Waals surface area contributed by atoms with E-state index in [0.717, 1.165) is 5.69 Å². The summed E-state index contributed by atoms with van der Waals surface area (Å²) in [6.07, 6.45) is 0.173. The van der Waals surface area contributed by atoms with Gasteiger partial charge in [-0.2, -0.15) is 0 Å². The number of ether oxygens (including phenoxy) is 2. The second kappa shape index (κ2) is 7.79. The van der Waals surface area contributed by atoms with E-state index in [1.54, 1.807) is 18.2 Å². The van der Waals surface area contributed by atoms with Crippen molar-refractivity contribution in [2.45, 2.75) is 20.0 Å². The zero-order valence-corrected chi connectivity index (χ0v) is 10.8. The van der Waals surface area contributed by atoms with Gasteiger partial charge in [0.15, 0.2) is 11.5 Å². The summed E-state index contributed by atoms with van der Waals surface area (Å²) in [5.41, 5.74) is 0.743. The molecule has 5 nitrogen and oxygen atoms in total. The van der Waals surface area contributed by atoms with Gasteiger partial charge in [-0.15, -0.1) is 0 Å². The van der Waals surface area contributed by atoms with Gasteiger partial charge in [0.2, 0.25) is 0 Å². The summed E-state index contributed by atoms with van der Waals surface area (Å²) in [4.78, 5) is 0. The zero-order chi connectivity index (χ0) is 13.4. The molecule has 0 radical (unpaired) electrons. The van der Waals surface area contributed by atoms with Crippen LogP contribution in [0.1, 0.15) is 13.8 Å². The van der Waals surface area contributed by atoms with Crippen molar-refractivity contribution in [1.29, 1.82) is 0 Å². The Kier molecular flexibility index (Phi) is 6.32. The van der Waals surface area contributed by atoms with E-state index in [0.29, 0.717) is 25.5 Å². The van der Waals surface area contributed by atoms with Gasteiger partial charge in [-0.05, 0) is 26.0 Å². The minimum absolute atomic E-state index is 0.0472. The van der Waals surface area contributed by atoms with Gasteiger partial charge in [0.25, 0.3) is 0 Å². The lowest BCUT2D eigenvalue weighted by Crippen LogP contribution is -2.11. The lowest BCUT2D eigenvalue weighted by molar-refractivity contribution is 0.0547. The molecule has 0 aliphatic rings. The molecule has 0 saturated heterocycles. The highest BCUT2D eigenvalue weighted by molar-refractivity contribution is 5.54. The molecule has 0 aliphatic heterocycles. The largest absolute Gasteiger partial charge is 0.504 e. The highest BCUT2D eigenvalue weighted by Gasteiger charge is 2.04. The van der Waals surface area contributed by atoms with Crippen LogP contribution in [0.3, 0.4) is 0 Å². The van der Waals surface area contributed by atoms with E-state index < -0.39 is 0 Å². The van der Waals surface area contributed by atoms with Crippen LogP contribution in [-0.4, -0.2) is 42.7 Å². The number of benzene rings is 1. The normalized spacial score (nSPS) is 10.7. The summed E-state index contributed by atoms with van der Waals surface area (Å²) in [7, 11) is 0. The van der Waals surface area contributed by atoms with Crippen molar-refractivity contribution >= 4 is 5.69 Å². The maximum atomic E-state index is 9.73. The molecule has 1 rings (SSSR count). The quantitative estimate of drug-likeness (QED) is 0.615. The van der Waals surface area contributed by atoms with Crippen LogP contribution in [0, 0.1) is 0 Å². The molecule has 0 bridgehead atoms. The Labute approximate surface area is 107 Å². The number of aliphatic hydroxyl groups excluding tert-OH is 1. The van der Waals surface area contributed by atoms with Crippen molar-refractivity contribution in [3.05, 3.63) is 18.2 Å². The Morgan fingerprint density at radius 2 is 2.06 bits per heavy atom. The Hall–Kier alpha value is -1.46. The third-order valence-corrected chi connectivity index (χ3v) is 2.19. The van der Waals surface area contributed by atoms with Crippen molar-refractivity contribution in [3.8, 4) is 11.5 Å². The molecule has 0 spiro atoms. The number of aliphatic hydroxyl groups is 1. The fourth-order valence-corrected chi connectivity index (χ4v) is 1.39. The molecular weight excluding hydrogens is 234 g/mol. The van der Waals surface area contributed by atoms with Gasteiger partial charge in [0.05, 0.1) is 19.3 Å². The summed E-state index contributed by atoms with van der Waals surface area (Å²) in [6, 6.07) is 5.03. The van der Waals surface area contributed by atoms with Crippen LogP contribution in [0.15, 0.2) is 18.2 Å². The first kappa shape index (κ1) is 14.6. The molecule has 0 atom stereocenters. The Balaban J connectivity index is 2.42. The number of anilines is 1. The number of phenolic OH excluding ortho intramolecular Hbond substituents is 1. The number of nitrogens with one attached hydrogen (secondary N) is 1. The van der Waals surface area contributed by atoms with Crippen molar-refractivity contribution in [3.63, 3.8) is 0 Å². The van der Waals surface area contributed by atoms with Gasteiger partial charge < -0.3 is 25.0 Å². The lowest BCUT2D eigenvalue weighted by Gasteiger charge is -2.11. The molecule has 0 aliphatic carbocycles. The lowest BCUT2D eigenvalue weighted by atomic mass is 10.2. The highest BCUT2D eigenvalue weighted by atomic mass is 16.5. The third-order valence-electron chi connectivity index (χ3n) is 2.19. The Morgan fingerprint density at radius 1 is 1.28 bits per heavy atom. The minimum Gasteiger partial charge on any atom is -0.504 e. The van der Waals surface area contributed by atoms with Crippen LogP contribution < -0.4 is 10.1 Å². The molecule has 0 saturated carbocycles. The van der Waals surface area contributed by atoms with E-state index in [2.05, 4.69) is 5.32 Å². The van der Waals surface area contributed by atoms with Gasteiger partial charge in [-0.25, -0.2) is 0 Å². The molecule has 18 heavy (non-hydrogen) atoms. The monoisotopic (exact) mass is 255 g/mol. The van der Waals surface area contributed by atoms with Gasteiger partial charge in [0.1, 0.15) is 6.61 Å². The standard InChI is InChI=1S/C13H21NO4/c1-10(2)17-7-8-18-13-4-3-11(9-12(13)16)14-5-6-15/h3-4,9-10,14-16H,5-8H2,1-2H3. The molecule has 1 aromatic rings. The summed E-state index contributed by atoms with van der Waals surface area (Å²) in [6.45, 7) is 5.29. The first-order valence-corrected chi connectivity index (χ1v) is 6.05. The summed E-state index contributed by atoms with van der Waals surface area (Å²) < 4.78 is 10.7. The van der Waals surface area contributed by atoms with Crippen LogP contribution in [0.5, 0.6) is 11.5 Å². The van der Waals surface area contributed by atoms with Gasteiger partial charge in [-0.1, -0.05) is 0 Å².